The van der Waals surface area contributed by atoms with Crippen molar-refractivity contribution < 1.29 is 51.0 Å². The Bertz CT molecular complexity index is 1070. The van der Waals surface area contributed by atoms with Crippen LogP contribution in [0.2, 0.25) is 0 Å². The molecule has 0 aliphatic heterocycles. The molecular weight excluding hydrogens is 488 g/mol. The van der Waals surface area contributed by atoms with Gasteiger partial charge in [0.05, 0.1) is 5.52 Å². The molecule has 1 aromatic heterocycles. The van der Waals surface area contributed by atoms with E-state index < -0.39 is 0 Å². The zero-order valence-corrected chi connectivity index (χ0v) is 21.1. The second-order valence-corrected chi connectivity index (χ2v) is 7.00. The molecule has 30 heavy (non-hydrogen) atoms. The normalized spacial score (nSPS) is 11.7. The molecule has 0 unspecified atom stereocenters. The van der Waals surface area contributed by atoms with Gasteiger partial charge in [-0.05, 0) is 23.2 Å². The number of benzene rings is 2. The Morgan fingerprint density at radius 3 is 2.40 bits per heavy atom. The Labute approximate surface area is 211 Å². The SMILES string of the molecule is CCCCC1=[C-]CC=C1.[Cl-].[Cl-].[Zr+4].c1ccc2[cH-]c(-n3ccc4ccccc43)cc2c1. The molecule has 0 radical (unpaired) electrons. The number of nitrogens with zero attached hydrogens (tertiary/aromatic N) is 1. The molecule has 0 amide bonds. The van der Waals surface area contributed by atoms with Gasteiger partial charge in [0.25, 0.3) is 0 Å². The molecular formula is C26H25Cl2NZr. The summed E-state index contributed by atoms with van der Waals surface area (Å²) in [7, 11) is 0. The predicted octanol–water partition coefficient (Wildman–Crippen LogP) is 1.37. The third-order valence-corrected chi connectivity index (χ3v) is 5.05. The van der Waals surface area contributed by atoms with Crippen molar-refractivity contribution in [2.75, 3.05) is 0 Å². The molecule has 0 spiro atoms. The summed E-state index contributed by atoms with van der Waals surface area (Å²) >= 11 is 0. The number of hydrogen-bond acceptors (Lipinski definition) is 0. The van der Waals surface area contributed by atoms with Gasteiger partial charge in [-0.1, -0.05) is 50.5 Å². The van der Waals surface area contributed by atoms with Crippen LogP contribution in [0.3, 0.4) is 0 Å². The molecule has 0 saturated carbocycles. The van der Waals surface area contributed by atoms with Gasteiger partial charge in [-0.3, -0.25) is 6.08 Å². The van der Waals surface area contributed by atoms with Gasteiger partial charge in [0.2, 0.25) is 0 Å². The summed E-state index contributed by atoms with van der Waals surface area (Å²) in [5, 5.41) is 3.87. The predicted molar refractivity (Wildman–Crippen MR) is 116 cm³/mol. The Morgan fingerprint density at radius 1 is 0.967 bits per heavy atom. The van der Waals surface area contributed by atoms with E-state index in [0.29, 0.717) is 0 Å². The minimum atomic E-state index is 0. The standard InChI is InChI=1S/C17H12N.C9H13.2ClH.Zr/c1-2-7-15-12-16(11-14(15)6-1)18-10-9-13-5-3-4-8-17(13)18;1-2-3-6-9-7-4-5-8-9;;;/h1-12H;4,7H,2-3,5-6H2,1H3;2*1H;/q2*-1;;;+4/p-2. The number of allylic oxidation sites excluding steroid dienone is 4. The fourth-order valence-corrected chi connectivity index (χ4v) is 3.57. The molecule has 1 aliphatic carbocycles. The fourth-order valence-electron chi connectivity index (χ4n) is 3.57. The first-order chi connectivity index (χ1) is 13.3. The number of unbranched alkanes of at least 4 members (excludes halogenated alkanes) is 1. The summed E-state index contributed by atoms with van der Waals surface area (Å²) in [6, 6.07) is 23.6. The quantitative estimate of drug-likeness (QED) is 0.364. The summed E-state index contributed by atoms with van der Waals surface area (Å²) in [5.41, 5.74) is 3.90. The first-order valence-corrected chi connectivity index (χ1v) is 9.83. The third-order valence-electron chi connectivity index (χ3n) is 5.05. The molecule has 0 saturated heterocycles. The van der Waals surface area contributed by atoms with Crippen LogP contribution in [-0.4, -0.2) is 4.57 Å². The molecule has 1 aliphatic rings. The summed E-state index contributed by atoms with van der Waals surface area (Å²) in [5.74, 6) is 0. The van der Waals surface area contributed by atoms with Crippen molar-refractivity contribution in [2.45, 2.75) is 32.6 Å². The van der Waals surface area contributed by atoms with E-state index in [9.17, 15) is 0 Å². The van der Waals surface area contributed by atoms with E-state index in [1.807, 2.05) is 0 Å². The van der Waals surface area contributed by atoms with Crippen LogP contribution in [0.25, 0.3) is 27.4 Å². The second-order valence-electron chi connectivity index (χ2n) is 7.00. The van der Waals surface area contributed by atoms with Gasteiger partial charge in [-0.25, -0.2) is 11.6 Å². The number of halogens is 2. The Morgan fingerprint density at radius 2 is 1.70 bits per heavy atom. The van der Waals surface area contributed by atoms with E-state index in [1.165, 1.54) is 52.2 Å². The molecule has 4 aromatic rings. The summed E-state index contributed by atoms with van der Waals surface area (Å²) in [6.07, 6.45) is 14.7. The minimum absolute atomic E-state index is 0. The van der Waals surface area contributed by atoms with E-state index in [2.05, 4.69) is 103 Å². The van der Waals surface area contributed by atoms with E-state index in [1.54, 1.807) is 0 Å². The fraction of sp³-hybridized carbons (Fsp3) is 0.192. The summed E-state index contributed by atoms with van der Waals surface area (Å²) in [6.45, 7) is 2.22. The Balaban J connectivity index is 0.000000327. The van der Waals surface area contributed by atoms with Crippen molar-refractivity contribution >= 4 is 21.7 Å². The van der Waals surface area contributed by atoms with Gasteiger partial charge >= 0.3 is 26.2 Å². The first-order valence-electron chi connectivity index (χ1n) is 9.83. The van der Waals surface area contributed by atoms with Crippen LogP contribution in [0.5, 0.6) is 0 Å². The van der Waals surface area contributed by atoms with Crippen molar-refractivity contribution in [1.29, 1.82) is 0 Å². The molecule has 0 atom stereocenters. The van der Waals surface area contributed by atoms with Gasteiger partial charge in [0.15, 0.2) is 0 Å². The zero-order chi connectivity index (χ0) is 18.5. The molecule has 0 fully saturated rings. The van der Waals surface area contributed by atoms with Crippen molar-refractivity contribution in [3.8, 4) is 5.69 Å². The number of fused-ring (bicyclic) bond motifs is 2. The maximum atomic E-state index is 3.30. The molecule has 0 bridgehead atoms. The monoisotopic (exact) mass is 511 g/mol. The van der Waals surface area contributed by atoms with E-state index >= 15 is 0 Å². The van der Waals surface area contributed by atoms with Gasteiger partial charge in [0.1, 0.15) is 0 Å². The zero-order valence-electron chi connectivity index (χ0n) is 17.1. The van der Waals surface area contributed by atoms with Crippen LogP contribution in [0.4, 0.5) is 0 Å². The summed E-state index contributed by atoms with van der Waals surface area (Å²) < 4.78 is 2.25. The number of para-hydroxylation sites is 1. The second kappa shape index (κ2) is 13.1. The van der Waals surface area contributed by atoms with Crippen molar-refractivity contribution in [2.24, 2.45) is 0 Å². The molecule has 152 valence electrons. The average Bonchev–Trinajstić information content (AvgIpc) is 3.45. The summed E-state index contributed by atoms with van der Waals surface area (Å²) in [4.78, 5) is 0. The third kappa shape index (κ3) is 6.27. The minimum Gasteiger partial charge on any atom is -1.00 e. The van der Waals surface area contributed by atoms with Gasteiger partial charge in [-0.15, -0.1) is 47.5 Å². The van der Waals surface area contributed by atoms with Crippen molar-refractivity contribution in [1.82, 2.24) is 4.57 Å². The van der Waals surface area contributed by atoms with Gasteiger partial charge in [0, 0.05) is 6.20 Å². The molecule has 5 rings (SSSR count). The topological polar surface area (TPSA) is 4.93 Å². The number of hydrogen-bond donors (Lipinski definition) is 0. The number of aromatic nitrogens is 1. The largest absolute Gasteiger partial charge is 4.00 e. The molecule has 1 heterocycles. The number of rotatable bonds is 4. The van der Waals surface area contributed by atoms with E-state index in [4.69, 9.17) is 0 Å². The van der Waals surface area contributed by atoms with Crippen LogP contribution in [-0.2, 0) is 26.2 Å². The van der Waals surface area contributed by atoms with E-state index in [-0.39, 0.29) is 51.0 Å². The molecule has 4 heteroatoms. The smallest absolute Gasteiger partial charge is 1.00 e. The molecule has 3 aromatic carbocycles. The van der Waals surface area contributed by atoms with E-state index in [0.717, 1.165) is 6.42 Å². The van der Waals surface area contributed by atoms with Gasteiger partial charge in [-0.2, -0.15) is 6.08 Å². The molecule has 1 nitrogen and oxygen atoms in total. The van der Waals surface area contributed by atoms with Crippen LogP contribution in [0.1, 0.15) is 32.6 Å². The van der Waals surface area contributed by atoms with Crippen LogP contribution < -0.4 is 24.8 Å². The van der Waals surface area contributed by atoms with Crippen LogP contribution in [0.15, 0.2) is 90.7 Å². The van der Waals surface area contributed by atoms with Gasteiger partial charge < -0.3 is 29.4 Å². The maximum absolute atomic E-state index is 3.30. The van der Waals surface area contributed by atoms with Crippen LogP contribution >= 0.6 is 0 Å². The Hall–Kier alpha value is -1.47. The first kappa shape index (κ1) is 26.6. The molecule has 0 N–H and O–H groups in total. The van der Waals surface area contributed by atoms with Crippen molar-refractivity contribution in [3.63, 3.8) is 0 Å². The average molecular weight is 514 g/mol. The Kier molecular flexibility index (Phi) is 11.6. The van der Waals surface area contributed by atoms with Crippen LogP contribution in [0, 0.1) is 6.08 Å². The maximum Gasteiger partial charge on any atom is 4.00 e. The van der Waals surface area contributed by atoms with Crippen molar-refractivity contribution in [3.05, 3.63) is 96.7 Å².